The van der Waals surface area contributed by atoms with Gasteiger partial charge in [-0.1, -0.05) is 44.5 Å². The third-order valence-electron chi connectivity index (χ3n) is 3.40. The van der Waals surface area contributed by atoms with Crippen LogP contribution in [-0.4, -0.2) is 11.7 Å². The maximum Gasteiger partial charge on any atom is 0.224 e. The molecule has 0 atom stereocenters. The van der Waals surface area contributed by atoms with Crippen LogP contribution in [0.25, 0.3) is 5.57 Å². The van der Waals surface area contributed by atoms with Crippen molar-refractivity contribution in [3.63, 3.8) is 0 Å². The zero-order valence-electron chi connectivity index (χ0n) is 11.5. The number of amides is 1. The lowest BCUT2D eigenvalue weighted by atomic mass is 10.0. The van der Waals surface area contributed by atoms with Crippen LogP contribution < -0.4 is 5.32 Å². The molecule has 0 fully saturated rings. The van der Waals surface area contributed by atoms with Crippen molar-refractivity contribution in [1.29, 1.82) is 0 Å². The number of benzene rings is 1. The molecular formula is C16H19NO2. The van der Waals surface area contributed by atoms with Crippen LogP contribution in [0.3, 0.4) is 0 Å². The summed E-state index contributed by atoms with van der Waals surface area (Å²) >= 11 is 0. The van der Waals surface area contributed by atoms with E-state index >= 15 is 0 Å². The average molecular weight is 257 g/mol. The molecule has 0 aromatic heterocycles. The Morgan fingerprint density at radius 2 is 1.84 bits per heavy atom. The van der Waals surface area contributed by atoms with Gasteiger partial charge in [0.15, 0.2) is 0 Å². The first-order valence-electron chi connectivity index (χ1n) is 6.86. The normalized spacial score (nSPS) is 13.7. The number of unbranched alkanes of at least 4 members (excludes halogenated alkanes) is 1. The van der Waals surface area contributed by atoms with Gasteiger partial charge in [-0.2, -0.15) is 0 Å². The molecule has 1 N–H and O–H groups in total. The highest BCUT2D eigenvalue weighted by Gasteiger charge is 2.29. The summed E-state index contributed by atoms with van der Waals surface area (Å²) in [6, 6.07) is 7.53. The number of rotatable bonds is 5. The van der Waals surface area contributed by atoms with Crippen molar-refractivity contribution in [3.8, 4) is 0 Å². The van der Waals surface area contributed by atoms with Crippen molar-refractivity contribution in [1.82, 2.24) is 5.32 Å². The van der Waals surface area contributed by atoms with Gasteiger partial charge in [0, 0.05) is 12.0 Å². The molecule has 3 nitrogen and oxygen atoms in total. The second-order valence-electron chi connectivity index (χ2n) is 4.73. The minimum absolute atomic E-state index is 0.0581. The highest BCUT2D eigenvalue weighted by Crippen LogP contribution is 2.33. The van der Waals surface area contributed by atoms with Gasteiger partial charge in [-0.25, -0.2) is 0 Å². The van der Waals surface area contributed by atoms with E-state index in [9.17, 15) is 9.59 Å². The maximum atomic E-state index is 12.3. The van der Waals surface area contributed by atoms with Crippen LogP contribution >= 0.6 is 0 Å². The van der Waals surface area contributed by atoms with Crippen LogP contribution in [0.4, 0.5) is 0 Å². The largest absolute Gasteiger partial charge is 0.323 e. The summed E-state index contributed by atoms with van der Waals surface area (Å²) in [4.78, 5) is 24.1. The summed E-state index contributed by atoms with van der Waals surface area (Å²) in [6.45, 7) is 4.05. The van der Waals surface area contributed by atoms with Gasteiger partial charge in [0.05, 0.1) is 5.70 Å². The van der Waals surface area contributed by atoms with Crippen LogP contribution in [0, 0.1) is 0 Å². The zero-order valence-corrected chi connectivity index (χ0v) is 11.5. The minimum atomic E-state index is -0.0658. The van der Waals surface area contributed by atoms with Crippen LogP contribution in [0.2, 0.25) is 0 Å². The van der Waals surface area contributed by atoms with E-state index in [2.05, 4.69) is 5.32 Å². The Morgan fingerprint density at radius 3 is 2.47 bits per heavy atom. The molecule has 2 rings (SSSR count). The average Bonchev–Trinajstić information content (AvgIpc) is 2.70. The monoisotopic (exact) mass is 257 g/mol. The Labute approximate surface area is 113 Å². The molecule has 100 valence electrons. The van der Waals surface area contributed by atoms with E-state index in [1.807, 2.05) is 38.1 Å². The van der Waals surface area contributed by atoms with Gasteiger partial charge in [0.25, 0.3) is 0 Å². The molecule has 0 bridgehead atoms. The van der Waals surface area contributed by atoms with Crippen LogP contribution in [0.1, 0.15) is 55.5 Å². The molecular weight excluding hydrogens is 238 g/mol. The van der Waals surface area contributed by atoms with Gasteiger partial charge in [0.2, 0.25) is 11.7 Å². The van der Waals surface area contributed by atoms with Gasteiger partial charge in [0.1, 0.15) is 0 Å². The van der Waals surface area contributed by atoms with E-state index in [1.54, 1.807) is 0 Å². The summed E-state index contributed by atoms with van der Waals surface area (Å²) in [5.41, 5.74) is 3.08. The lowest BCUT2D eigenvalue weighted by Gasteiger charge is -2.07. The molecule has 19 heavy (non-hydrogen) atoms. The summed E-state index contributed by atoms with van der Waals surface area (Å²) in [5, 5.41) is 2.80. The van der Waals surface area contributed by atoms with Crippen molar-refractivity contribution >= 4 is 17.3 Å². The summed E-state index contributed by atoms with van der Waals surface area (Å²) in [7, 11) is 0. The molecule has 0 unspecified atom stereocenters. The fraction of sp³-hybridized carbons (Fsp3) is 0.375. The Hall–Kier alpha value is -1.90. The summed E-state index contributed by atoms with van der Waals surface area (Å²) in [6.07, 6.45) is 3.04. The molecule has 0 heterocycles. The van der Waals surface area contributed by atoms with Gasteiger partial charge >= 0.3 is 0 Å². The van der Waals surface area contributed by atoms with E-state index in [0.29, 0.717) is 17.7 Å². The molecule has 1 aromatic carbocycles. The third kappa shape index (κ3) is 2.60. The number of Topliss-reactive ketones (excluding diaryl/α,β-unsaturated/α-hetero) is 1. The third-order valence-corrected chi connectivity index (χ3v) is 3.40. The second kappa shape index (κ2) is 5.83. The number of hydrogen-bond donors (Lipinski definition) is 1. The Balaban J connectivity index is 2.25. The number of fused-ring (bicyclic) bond motifs is 1. The predicted octanol–water partition coefficient (Wildman–Crippen LogP) is 3.31. The molecule has 0 saturated carbocycles. The molecule has 1 aromatic rings. The number of ketones is 1. The molecule has 1 amide bonds. The predicted molar refractivity (Wildman–Crippen MR) is 75.7 cm³/mol. The summed E-state index contributed by atoms with van der Waals surface area (Å²) in [5.74, 6) is -0.124. The van der Waals surface area contributed by atoms with Crippen molar-refractivity contribution in [2.75, 3.05) is 0 Å². The fourth-order valence-electron chi connectivity index (χ4n) is 2.39. The van der Waals surface area contributed by atoms with E-state index in [4.69, 9.17) is 0 Å². The van der Waals surface area contributed by atoms with Crippen molar-refractivity contribution in [3.05, 3.63) is 41.1 Å². The van der Waals surface area contributed by atoms with E-state index < -0.39 is 0 Å². The quantitative estimate of drug-likeness (QED) is 0.879. The molecule has 3 heteroatoms. The van der Waals surface area contributed by atoms with Crippen molar-refractivity contribution < 1.29 is 9.59 Å². The highest BCUT2D eigenvalue weighted by atomic mass is 16.2. The Bertz CT molecular complexity index is 543. The molecule has 0 spiro atoms. The highest BCUT2D eigenvalue weighted by molar-refractivity contribution is 6.21. The van der Waals surface area contributed by atoms with E-state index in [-0.39, 0.29) is 11.7 Å². The topological polar surface area (TPSA) is 46.2 Å². The number of carbonyl (C=O) groups excluding carboxylic acids is 2. The standard InChI is InChI=1S/C16H19NO2/c1-3-5-10-14(18)17-15-11(4-2)12-8-6-7-9-13(12)16(15)19/h6-9H,3-5,10H2,1-2H3,(H,17,18,19). The smallest absolute Gasteiger partial charge is 0.224 e. The fourth-order valence-corrected chi connectivity index (χ4v) is 2.39. The van der Waals surface area contributed by atoms with E-state index in [0.717, 1.165) is 30.4 Å². The lowest BCUT2D eigenvalue weighted by Crippen LogP contribution is -2.26. The lowest BCUT2D eigenvalue weighted by molar-refractivity contribution is -0.120. The first-order chi connectivity index (χ1) is 9.19. The van der Waals surface area contributed by atoms with Crippen molar-refractivity contribution in [2.24, 2.45) is 0 Å². The molecule has 0 aliphatic heterocycles. The van der Waals surface area contributed by atoms with Crippen LogP contribution in [0.5, 0.6) is 0 Å². The van der Waals surface area contributed by atoms with Gasteiger partial charge < -0.3 is 5.32 Å². The van der Waals surface area contributed by atoms with Gasteiger partial charge in [-0.15, -0.1) is 0 Å². The van der Waals surface area contributed by atoms with Crippen LogP contribution in [-0.2, 0) is 4.79 Å². The molecule has 0 saturated heterocycles. The second-order valence-corrected chi connectivity index (χ2v) is 4.73. The van der Waals surface area contributed by atoms with Crippen LogP contribution in [0.15, 0.2) is 30.0 Å². The first kappa shape index (κ1) is 13.5. The Kier molecular flexibility index (Phi) is 4.15. The molecule has 0 radical (unpaired) electrons. The van der Waals surface area contributed by atoms with Gasteiger partial charge in [-0.05, 0) is 24.0 Å². The number of carbonyl (C=O) groups is 2. The number of allylic oxidation sites excluding steroid dienone is 2. The number of nitrogens with one attached hydrogen (secondary N) is 1. The maximum absolute atomic E-state index is 12.3. The molecule has 1 aliphatic carbocycles. The summed E-state index contributed by atoms with van der Waals surface area (Å²) < 4.78 is 0. The first-order valence-corrected chi connectivity index (χ1v) is 6.86. The number of hydrogen-bond acceptors (Lipinski definition) is 2. The van der Waals surface area contributed by atoms with Gasteiger partial charge in [-0.3, -0.25) is 9.59 Å². The Morgan fingerprint density at radius 1 is 1.16 bits per heavy atom. The minimum Gasteiger partial charge on any atom is -0.323 e. The zero-order chi connectivity index (χ0) is 13.8. The van der Waals surface area contributed by atoms with Crippen molar-refractivity contribution in [2.45, 2.75) is 39.5 Å². The molecule has 1 aliphatic rings. The SMILES string of the molecule is CCCCC(=O)NC1=C(CC)c2ccccc2C1=O. The van der Waals surface area contributed by atoms with E-state index in [1.165, 1.54) is 0 Å².